The molecule has 4 saturated carbocycles. The van der Waals surface area contributed by atoms with Crippen molar-refractivity contribution in [3.05, 3.63) is 11.6 Å². The van der Waals surface area contributed by atoms with Crippen LogP contribution in [-0.2, 0) is 52.2 Å². The molecule has 0 aromatic carbocycles. The second kappa shape index (κ2) is 25.9. The van der Waals surface area contributed by atoms with Gasteiger partial charge in [0.1, 0.15) is 111 Å². The molecule has 82 heavy (non-hydrogen) atoms. The molecule has 472 valence electrons. The molecule has 0 bridgehead atoms. The number of aliphatic hydroxyl groups excluding tert-OH is 14. The summed E-state index contributed by atoms with van der Waals surface area (Å²) in [5.41, 5.74) is -1.36. The molecule has 4 saturated heterocycles. The lowest BCUT2D eigenvalue weighted by atomic mass is 9.39. The average Bonchev–Trinajstić information content (AvgIpc) is 1.47. The highest BCUT2D eigenvalue weighted by molar-refractivity contribution is 5.90. The lowest BCUT2D eigenvalue weighted by Crippen LogP contribution is -2.66. The maximum absolute atomic E-state index is 12.8. The van der Waals surface area contributed by atoms with Crippen molar-refractivity contribution >= 4 is 11.9 Å². The van der Waals surface area contributed by atoms with Crippen LogP contribution in [0, 0.1) is 45.8 Å². The first-order valence-electron chi connectivity index (χ1n) is 29.0. The van der Waals surface area contributed by atoms with Crippen molar-refractivity contribution in [2.75, 3.05) is 26.4 Å². The molecule has 4 heterocycles. The molecule has 26 nitrogen and oxygen atoms in total. The van der Waals surface area contributed by atoms with Crippen LogP contribution in [0.5, 0.6) is 0 Å². The van der Waals surface area contributed by atoms with Gasteiger partial charge in [0.15, 0.2) is 25.2 Å². The molecule has 15 N–H and O–H groups in total. The van der Waals surface area contributed by atoms with Gasteiger partial charge < -0.3 is 119 Å². The minimum Gasteiger partial charge on any atom is -0.481 e. The Morgan fingerprint density at radius 2 is 1.13 bits per heavy atom. The zero-order valence-electron chi connectivity index (χ0n) is 47.8. The number of hydrogen-bond acceptors (Lipinski definition) is 25. The van der Waals surface area contributed by atoms with E-state index in [1.807, 2.05) is 20.8 Å². The minimum atomic E-state index is -1.95. The monoisotopic (exact) mass is 1180 g/mol. The van der Waals surface area contributed by atoms with Crippen molar-refractivity contribution in [1.82, 2.24) is 0 Å². The summed E-state index contributed by atoms with van der Waals surface area (Å²) in [4.78, 5) is 23.0. The Bertz CT molecular complexity index is 2180. The zero-order valence-corrected chi connectivity index (χ0v) is 47.8. The highest BCUT2D eigenvalue weighted by Crippen LogP contribution is 2.72. The van der Waals surface area contributed by atoms with Crippen molar-refractivity contribution in [3.8, 4) is 0 Å². The summed E-state index contributed by atoms with van der Waals surface area (Å²) < 4.78 is 53.9. The van der Waals surface area contributed by atoms with Crippen LogP contribution in [0.1, 0.15) is 113 Å². The van der Waals surface area contributed by atoms with E-state index in [0.717, 1.165) is 24.8 Å². The summed E-state index contributed by atoms with van der Waals surface area (Å²) in [6.45, 7) is 11.9. The van der Waals surface area contributed by atoms with Crippen molar-refractivity contribution in [2.45, 2.75) is 253 Å². The molecular formula is C56H92O26. The highest BCUT2D eigenvalue weighted by Gasteiger charge is 2.68. The van der Waals surface area contributed by atoms with Crippen molar-refractivity contribution in [2.24, 2.45) is 45.8 Å². The van der Waals surface area contributed by atoms with Gasteiger partial charge >= 0.3 is 11.9 Å². The first-order chi connectivity index (χ1) is 38.4. The SMILES string of the molecule is CC(C)=CCCC(C)(O[C@@H]1O[C@H](CO[C@@H]2O[C@H](CO)[C@@H](O)[C@H](O)[C@H]2O)[C@@H](O)[C@H](O)[C@H]1O)C1CC[C@@]2(C)C3CCC4C(C)(C)C(O[C@@H]5O[C@H](CO)[C@@H](O)[C@H](O)C5O[C@@H]5O[C@H](COC(=O)CC(=O)O)[C@@H](O)[C@H](O)[C@H]5O)CCC4(C)C3CC(O)C12. The van der Waals surface area contributed by atoms with Crippen molar-refractivity contribution < 1.29 is 129 Å². The van der Waals surface area contributed by atoms with Crippen molar-refractivity contribution in [3.63, 3.8) is 0 Å². The van der Waals surface area contributed by atoms with Gasteiger partial charge in [-0.1, -0.05) is 39.3 Å². The Balaban J connectivity index is 0.981. The standard InChI is InChI=1S/C56H92O26/c1-23(2)9-8-14-56(7,82-51-47(73)43(69)40(66)31(79-51)22-75-49-45(71)41(67)37(63)28(19-57)76-49)25-12-15-55(6)24-10-11-32-53(3,4)33(13-16-54(32,5)26(24)17-27(59)36(25)55)80-52-48(44(70)38(64)29(20-58)77-52)81-50-46(72)42(68)39(65)30(78-50)21-74-35(62)18-34(60)61/h9,24-33,36-52,57-59,63-73H,8,10-22H2,1-7H3,(H,60,61)/t24?,25?,26?,27?,28-,29-,30-,31-,32?,33?,36?,37-,38-,39-,40-,41+,42+,43+,44+,45-,46-,47-,48?,49-,50+,51+,52+,54?,55+,56?/m1/s1. The van der Waals surface area contributed by atoms with E-state index in [4.69, 9.17) is 47.7 Å². The van der Waals surface area contributed by atoms with E-state index in [9.17, 15) is 81.1 Å². The number of allylic oxidation sites excluding steroid dienone is 2. The topological polar surface area (TPSA) is 421 Å². The Morgan fingerprint density at radius 1 is 0.598 bits per heavy atom. The van der Waals surface area contributed by atoms with Crippen LogP contribution in [0.25, 0.3) is 0 Å². The third-order valence-electron chi connectivity index (χ3n) is 20.6. The minimum absolute atomic E-state index is 0.00316. The predicted octanol–water partition coefficient (Wildman–Crippen LogP) is -2.57. The Labute approximate surface area is 476 Å². The number of aliphatic carboxylic acids is 1. The number of carbonyl (C=O) groups is 2. The van der Waals surface area contributed by atoms with E-state index in [2.05, 4.69) is 33.8 Å². The quantitative estimate of drug-likeness (QED) is 0.0274. The maximum Gasteiger partial charge on any atom is 0.317 e. The van der Waals surface area contributed by atoms with Crippen LogP contribution in [0.15, 0.2) is 11.6 Å². The summed E-state index contributed by atoms with van der Waals surface area (Å²) in [6.07, 6.45) is -27.8. The van der Waals surface area contributed by atoms with Gasteiger partial charge in [0.05, 0.1) is 37.6 Å². The number of carboxylic acids is 1. The van der Waals surface area contributed by atoms with Crippen LogP contribution in [-0.4, -0.2) is 256 Å². The van der Waals surface area contributed by atoms with Gasteiger partial charge in [0, 0.05) is 0 Å². The van der Waals surface area contributed by atoms with Crippen LogP contribution in [0.3, 0.4) is 0 Å². The second-order valence-corrected chi connectivity index (χ2v) is 26.2. The fourth-order valence-corrected chi connectivity index (χ4v) is 16.1. The molecular weight excluding hydrogens is 1090 g/mol. The van der Waals surface area contributed by atoms with Gasteiger partial charge in [-0.15, -0.1) is 0 Å². The molecule has 10 unspecified atom stereocenters. The molecule has 8 rings (SSSR count). The number of carbonyl (C=O) groups excluding carboxylic acids is 1. The molecule has 0 aromatic heterocycles. The largest absolute Gasteiger partial charge is 0.481 e. The van der Waals surface area contributed by atoms with Crippen LogP contribution in [0.2, 0.25) is 0 Å². The average molecular weight is 1180 g/mol. The number of rotatable bonds is 19. The third kappa shape index (κ3) is 12.6. The van der Waals surface area contributed by atoms with Gasteiger partial charge in [0.2, 0.25) is 0 Å². The first kappa shape index (κ1) is 65.8. The smallest absolute Gasteiger partial charge is 0.317 e. The van der Waals surface area contributed by atoms with Gasteiger partial charge in [-0.2, -0.15) is 0 Å². The zero-order chi connectivity index (χ0) is 60.3. The molecule has 26 heteroatoms. The number of hydrogen-bond donors (Lipinski definition) is 15. The number of ether oxygens (including phenoxy) is 9. The fourth-order valence-electron chi connectivity index (χ4n) is 16.1. The van der Waals surface area contributed by atoms with Crippen molar-refractivity contribution in [1.29, 1.82) is 0 Å². The summed E-state index contributed by atoms with van der Waals surface area (Å²) in [5, 5.41) is 162. The van der Waals surface area contributed by atoms with Gasteiger partial charge in [0.25, 0.3) is 0 Å². The van der Waals surface area contributed by atoms with E-state index in [0.29, 0.717) is 38.5 Å². The number of aliphatic hydroxyl groups is 14. The van der Waals surface area contributed by atoms with E-state index in [-0.39, 0.29) is 35.0 Å². The second-order valence-electron chi connectivity index (χ2n) is 26.2. The summed E-state index contributed by atoms with van der Waals surface area (Å²) >= 11 is 0. The highest BCUT2D eigenvalue weighted by atomic mass is 16.8. The number of carboxylic acid groups (broad SMARTS) is 1. The number of fused-ring (bicyclic) bond motifs is 5. The Hall–Kier alpha value is -2.20. The molecule has 30 atom stereocenters. The van der Waals surface area contributed by atoms with Gasteiger partial charge in [-0.25, -0.2) is 0 Å². The van der Waals surface area contributed by atoms with Gasteiger partial charge in [-0.05, 0) is 124 Å². The molecule has 0 aromatic rings. The summed E-state index contributed by atoms with van der Waals surface area (Å²) in [7, 11) is 0. The molecule has 0 spiro atoms. The van der Waals surface area contributed by atoms with Gasteiger partial charge in [-0.3, -0.25) is 9.59 Å². The lowest BCUT2D eigenvalue weighted by Gasteiger charge is -2.66. The predicted molar refractivity (Wildman–Crippen MR) is 278 cm³/mol. The Kier molecular flexibility index (Phi) is 20.7. The molecule has 0 radical (unpaired) electrons. The van der Waals surface area contributed by atoms with E-state index in [1.165, 1.54) is 0 Å². The lowest BCUT2D eigenvalue weighted by molar-refractivity contribution is -0.378. The summed E-state index contributed by atoms with van der Waals surface area (Å²) in [6, 6.07) is 0. The molecule has 0 amide bonds. The molecule has 4 aliphatic carbocycles. The molecule has 8 aliphatic rings. The maximum atomic E-state index is 12.8. The van der Waals surface area contributed by atoms with E-state index < -0.39 is 196 Å². The van der Waals surface area contributed by atoms with Crippen LogP contribution < -0.4 is 0 Å². The third-order valence-corrected chi connectivity index (χ3v) is 20.6. The normalized spacial score (nSPS) is 49.1. The van der Waals surface area contributed by atoms with Crippen LogP contribution in [0.4, 0.5) is 0 Å². The van der Waals surface area contributed by atoms with E-state index >= 15 is 0 Å². The fraction of sp³-hybridized carbons (Fsp3) is 0.929. The van der Waals surface area contributed by atoms with Crippen LogP contribution >= 0.6 is 0 Å². The first-order valence-corrected chi connectivity index (χ1v) is 29.0. The molecule has 8 fully saturated rings. The summed E-state index contributed by atoms with van der Waals surface area (Å²) in [5.74, 6) is -2.99. The molecule has 4 aliphatic heterocycles. The number of esters is 1. The van der Waals surface area contributed by atoms with E-state index in [1.54, 1.807) is 0 Å². The Morgan fingerprint density at radius 3 is 1.74 bits per heavy atom.